The van der Waals surface area contributed by atoms with Crippen molar-refractivity contribution in [1.29, 1.82) is 0 Å². The van der Waals surface area contributed by atoms with Crippen molar-refractivity contribution in [3.63, 3.8) is 0 Å². The molecule has 1 aliphatic heterocycles. The van der Waals surface area contributed by atoms with E-state index in [9.17, 15) is 22.8 Å². The summed E-state index contributed by atoms with van der Waals surface area (Å²) >= 11 is 0. The van der Waals surface area contributed by atoms with Crippen LogP contribution in [0.15, 0.2) is 39.5 Å². The average Bonchev–Trinajstić information content (AvgIpc) is 3.42. The van der Waals surface area contributed by atoms with Crippen molar-refractivity contribution < 1.29 is 27.2 Å². The summed E-state index contributed by atoms with van der Waals surface area (Å²) in [5, 5.41) is 0.566. The van der Waals surface area contributed by atoms with E-state index in [0.717, 1.165) is 12.8 Å². The normalized spacial score (nSPS) is 20.8. The number of amides is 1. The first kappa shape index (κ1) is 18.7. The molecule has 2 heterocycles. The topological polar surface area (TPSA) is 111 Å². The van der Waals surface area contributed by atoms with E-state index in [1.54, 1.807) is 29.2 Å². The fourth-order valence-electron chi connectivity index (χ4n) is 3.54. The van der Waals surface area contributed by atoms with Gasteiger partial charge in [0.1, 0.15) is 11.1 Å². The molecule has 0 bridgehead atoms. The van der Waals surface area contributed by atoms with Crippen LogP contribution in [-0.4, -0.2) is 55.4 Å². The van der Waals surface area contributed by atoms with Crippen LogP contribution in [0.25, 0.3) is 11.0 Å². The Labute approximate surface area is 161 Å². The number of esters is 1. The van der Waals surface area contributed by atoms with Gasteiger partial charge in [0.15, 0.2) is 16.4 Å². The van der Waals surface area contributed by atoms with Gasteiger partial charge in [0.25, 0.3) is 5.91 Å². The summed E-state index contributed by atoms with van der Waals surface area (Å²) in [6.07, 6.45) is 2.02. The molecule has 1 aromatic carbocycles. The number of fused-ring (bicyclic) bond motifs is 1. The summed E-state index contributed by atoms with van der Waals surface area (Å²) in [5.41, 5.74) is -0.771. The molecular weight excluding hydrogens is 386 g/mol. The summed E-state index contributed by atoms with van der Waals surface area (Å²) < 4.78 is 33.6. The van der Waals surface area contributed by atoms with Crippen LogP contribution >= 0.6 is 0 Å². The van der Waals surface area contributed by atoms with Crippen LogP contribution in [0, 0.1) is 0 Å². The van der Waals surface area contributed by atoms with Crippen LogP contribution in [-0.2, 0) is 19.4 Å². The summed E-state index contributed by atoms with van der Waals surface area (Å²) in [5.74, 6) is -1.38. The number of rotatable bonds is 5. The zero-order chi connectivity index (χ0) is 19.9. The maximum absolute atomic E-state index is 12.6. The van der Waals surface area contributed by atoms with E-state index < -0.39 is 33.9 Å². The van der Waals surface area contributed by atoms with Gasteiger partial charge >= 0.3 is 11.6 Å². The number of para-hydroxylation sites is 1. The van der Waals surface area contributed by atoms with Gasteiger partial charge in [0.05, 0.1) is 11.5 Å². The second-order valence-corrected chi connectivity index (χ2v) is 9.38. The van der Waals surface area contributed by atoms with Crippen LogP contribution in [0.5, 0.6) is 0 Å². The van der Waals surface area contributed by atoms with Crippen molar-refractivity contribution >= 4 is 32.7 Å². The summed E-state index contributed by atoms with van der Waals surface area (Å²) in [6.45, 7) is -0.544. The molecule has 1 aromatic heterocycles. The molecule has 148 valence electrons. The van der Waals surface area contributed by atoms with Gasteiger partial charge in [-0.05, 0) is 31.4 Å². The highest BCUT2D eigenvalue weighted by Crippen LogP contribution is 2.32. The van der Waals surface area contributed by atoms with Crippen molar-refractivity contribution in [2.45, 2.75) is 31.3 Å². The van der Waals surface area contributed by atoms with Crippen LogP contribution < -0.4 is 5.63 Å². The lowest BCUT2D eigenvalue weighted by atomic mass is 10.2. The molecule has 9 heteroatoms. The zero-order valence-corrected chi connectivity index (χ0v) is 15.8. The highest BCUT2D eigenvalue weighted by atomic mass is 32.2. The van der Waals surface area contributed by atoms with E-state index in [-0.39, 0.29) is 29.2 Å². The van der Waals surface area contributed by atoms with Gasteiger partial charge in [-0.25, -0.2) is 18.0 Å². The van der Waals surface area contributed by atoms with Gasteiger partial charge in [-0.1, -0.05) is 18.2 Å². The van der Waals surface area contributed by atoms with Crippen LogP contribution in [0.1, 0.15) is 29.6 Å². The second-order valence-electron chi connectivity index (χ2n) is 7.15. The van der Waals surface area contributed by atoms with E-state index in [1.165, 1.54) is 6.07 Å². The molecule has 28 heavy (non-hydrogen) atoms. The zero-order valence-electron chi connectivity index (χ0n) is 15.0. The molecule has 1 aliphatic carbocycles. The molecule has 0 N–H and O–H groups in total. The molecule has 2 aliphatic rings. The van der Waals surface area contributed by atoms with Crippen molar-refractivity contribution in [3.8, 4) is 0 Å². The van der Waals surface area contributed by atoms with Crippen LogP contribution in [0.2, 0.25) is 0 Å². The molecule has 0 radical (unpaired) electrons. The minimum Gasteiger partial charge on any atom is -0.452 e. The molecule has 1 amide bonds. The van der Waals surface area contributed by atoms with E-state index >= 15 is 0 Å². The van der Waals surface area contributed by atoms with E-state index in [1.807, 2.05) is 0 Å². The quantitative estimate of drug-likeness (QED) is 0.541. The van der Waals surface area contributed by atoms with Gasteiger partial charge in [-0.2, -0.15) is 0 Å². The number of nitrogens with zero attached hydrogens (tertiary/aromatic N) is 1. The summed E-state index contributed by atoms with van der Waals surface area (Å²) in [7, 11) is -3.14. The van der Waals surface area contributed by atoms with E-state index in [0.29, 0.717) is 17.4 Å². The van der Waals surface area contributed by atoms with E-state index in [2.05, 4.69) is 0 Å². The van der Waals surface area contributed by atoms with Gasteiger partial charge < -0.3 is 14.1 Å². The average molecular weight is 405 g/mol. The summed E-state index contributed by atoms with van der Waals surface area (Å²) in [6, 6.07) is 7.73. The third-order valence-corrected chi connectivity index (χ3v) is 6.77. The van der Waals surface area contributed by atoms with Gasteiger partial charge in [0.2, 0.25) is 0 Å². The molecule has 2 aromatic rings. The highest BCUT2D eigenvalue weighted by molar-refractivity contribution is 7.91. The third-order valence-electron chi connectivity index (χ3n) is 5.02. The monoisotopic (exact) mass is 405 g/mol. The van der Waals surface area contributed by atoms with Gasteiger partial charge in [0, 0.05) is 17.5 Å². The maximum atomic E-state index is 12.6. The fraction of sp³-hybridized carbons (Fsp3) is 0.421. The number of benzene rings is 1. The molecule has 4 rings (SSSR count). The molecular formula is C19H19NO7S. The minimum absolute atomic E-state index is 0.00441. The second kappa shape index (κ2) is 7.05. The smallest absolute Gasteiger partial charge is 0.351 e. The van der Waals surface area contributed by atoms with E-state index in [4.69, 9.17) is 9.15 Å². The Morgan fingerprint density at radius 3 is 2.57 bits per heavy atom. The fourth-order valence-corrected chi connectivity index (χ4v) is 5.25. The SMILES string of the molecule is O=C(OCC(=O)N(C1CC1)[C@@H]1CCS(=O)(=O)C1)c1cc2ccccc2oc1=O. The predicted octanol–water partition coefficient (Wildman–Crippen LogP) is 1.13. The predicted molar refractivity (Wildman–Crippen MR) is 99.7 cm³/mol. The van der Waals surface area contributed by atoms with Crippen molar-refractivity contribution in [2.75, 3.05) is 18.1 Å². The third kappa shape index (κ3) is 3.80. The number of sulfone groups is 1. The Hall–Kier alpha value is -2.68. The molecule has 8 nitrogen and oxygen atoms in total. The molecule has 0 unspecified atom stereocenters. The minimum atomic E-state index is -3.14. The number of carbonyl (C=O) groups is 2. The Kier molecular flexibility index (Phi) is 4.70. The van der Waals surface area contributed by atoms with Crippen molar-refractivity contribution in [2.24, 2.45) is 0 Å². The lowest BCUT2D eigenvalue weighted by Gasteiger charge is -2.28. The molecule has 0 spiro atoms. The lowest BCUT2D eigenvalue weighted by Crippen LogP contribution is -2.44. The van der Waals surface area contributed by atoms with Gasteiger partial charge in [-0.3, -0.25) is 4.79 Å². The van der Waals surface area contributed by atoms with Crippen LogP contribution in [0.3, 0.4) is 0 Å². The number of ether oxygens (including phenoxy) is 1. The number of hydrogen-bond acceptors (Lipinski definition) is 7. The molecule has 1 atom stereocenters. The number of carbonyl (C=O) groups excluding carboxylic acids is 2. The first-order valence-corrected chi connectivity index (χ1v) is 10.9. The Balaban J connectivity index is 1.46. The highest BCUT2D eigenvalue weighted by Gasteiger charge is 2.42. The van der Waals surface area contributed by atoms with Crippen molar-refractivity contribution in [1.82, 2.24) is 4.90 Å². The number of hydrogen-bond donors (Lipinski definition) is 0. The molecule has 1 saturated heterocycles. The standard InChI is InChI=1S/C19H19NO7S/c21-17(20(13-5-6-13)14-7-8-28(24,25)11-14)10-26-18(22)15-9-12-3-1-2-4-16(12)27-19(15)23/h1-4,9,13-14H,5-8,10-11H2/t14-/m1/s1. The summed E-state index contributed by atoms with van der Waals surface area (Å²) in [4.78, 5) is 38.5. The largest absolute Gasteiger partial charge is 0.452 e. The Bertz CT molecular complexity index is 1100. The first-order valence-electron chi connectivity index (χ1n) is 9.06. The maximum Gasteiger partial charge on any atom is 0.351 e. The lowest BCUT2D eigenvalue weighted by molar-refractivity contribution is -0.137. The Morgan fingerprint density at radius 2 is 1.89 bits per heavy atom. The van der Waals surface area contributed by atoms with Crippen LogP contribution in [0.4, 0.5) is 0 Å². The first-order chi connectivity index (χ1) is 13.3. The van der Waals surface area contributed by atoms with Gasteiger partial charge in [-0.15, -0.1) is 0 Å². The molecule has 2 fully saturated rings. The molecule has 1 saturated carbocycles. The Morgan fingerprint density at radius 1 is 1.14 bits per heavy atom. The van der Waals surface area contributed by atoms with Crippen molar-refractivity contribution in [3.05, 3.63) is 46.3 Å².